The molecule has 0 radical (unpaired) electrons. The summed E-state index contributed by atoms with van der Waals surface area (Å²) in [5, 5.41) is 0. The van der Waals surface area contributed by atoms with Crippen LogP contribution in [-0.4, -0.2) is 27.9 Å². The van der Waals surface area contributed by atoms with E-state index in [1.54, 1.807) is 0 Å². The van der Waals surface area contributed by atoms with Gasteiger partial charge in [-0.15, -0.1) is 0 Å². The van der Waals surface area contributed by atoms with Crippen LogP contribution in [0.1, 0.15) is 132 Å². The fourth-order valence-corrected chi connectivity index (χ4v) is 3.73. The maximum atomic E-state index is 8.88. The quantitative estimate of drug-likeness (QED) is 0.130. The zero-order chi connectivity index (χ0) is 23.1. The number of hydrogen-bond acceptors (Lipinski definition) is 2. The van der Waals surface area contributed by atoms with Gasteiger partial charge < -0.3 is 20.8 Å². The third kappa shape index (κ3) is 36.4. The van der Waals surface area contributed by atoms with E-state index in [1.807, 2.05) is 0 Å². The van der Waals surface area contributed by atoms with E-state index in [0.717, 1.165) is 25.0 Å². The fraction of sp³-hybridized carbons (Fsp3) is 1.00. The molecule has 0 heterocycles. The molecule has 0 aliphatic heterocycles. The molecule has 2 unspecified atom stereocenters. The Morgan fingerprint density at radius 1 is 0.613 bits per heavy atom. The standard InChI is InChI=1S/C24H50O.K.H3O4P.H/c1-5-9-13-15-19-23(17-11-7-3)21-25-22-24(18-12-8-4)20-16-14-10-6-2;;1-5(2,3)4;/h23-24H,5-22H2,1-4H3;;(H3,1,2,3,4);/q;+1;;-1. The summed E-state index contributed by atoms with van der Waals surface area (Å²) in [6, 6.07) is 0. The van der Waals surface area contributed by atoms with Gasteiger partial charge in [-0.3, -0.25) is 0 Å². The summed E-state index contributed by atoms with van der Waals surface area (Å²) in [6.07, 6.45) is 22.0. The first-order valence-electron chi connectivity index (χ1n) is 12.6. The average molecular weight is 493 g/mol. The molecule has 0 aromatic rings. The monoisotopic (exact) mass is 492 g/mol. The molecule has 31 heavy (non-hydrogen) atoms. The predicted molar refractivity (Wildman–Crippen MR) is 130 cm³/mol. The molecule has 0 saturated carbocycles. The van der Waals surface area contributed by atoms with Crippen molar-refractivity contribution >= 4 is 7.82 Å². The maximum Gasteiger partial charge on any atom is 1.00 e. The molecule has 186 valence electrons. The number of ether oxygens (including phenoxy) is 1. The molecule has 7 heteroatoms. The molecule has 0 rings (SSSR count). The molecular weight excluding hydrogens is 438 g/mol. The molecule has 0 aromatic carbocycles. The van der Waals surface area contributed by atoms with E-state index >= 15 is 0 Å². The normalized spacial score (nSPS) is 13.1. The van der Waals surface area contributed by atoms with Gasteiger partial charge in [0.2, 0.25) is 0 Å². The minimum atomic E-state index is -4.64. The minimum Gasteiger partial charge on any atom is -1.00 e. The summed E-state index contributed by atoms with van der Waals surface area (Å²) in [7, 11) is -4.64. The van der Waals surface area contributed by atoms with Crippen LogP contribution in [0.5, 0.6) is 0 Å². The topological polar surface area (TPSA) is 87.0 Å². The van der Waals surface area contributed by atoms with E-state index in [4.69, 9.17) is 24.0 Å². The molecule has 3 N–H and O–H groups in total. The van der Waals surface area contributed by atoms with Gasteiger partial charge >= 0.3 is 59.2 Å². The molecule has 2 atom stereocenters. The van der Waals surface area contributed by atoms with Gasteiger partial charge in [-0.25, -0.2) is 4.57 Å². The van der Waals surface area contributed by atoms with Crippen LogP contribution in [0.25, 0.3) is 0 Å². The molecule has 0 amide bonds. The number of phosphoric acid groups is 1. The Morgan fingerprint density at radius 2 is 0.903 bits per heavy atom. The summed E-state index contributed by atoms with van der Waals surface area (Å²) in [5.41, 5.74) is 0. The van der Waals surface area contributed by atoms with Crippen molar-refractivity contribution in [2.45, 2.75) is 130 Å². The second-order valence-electron chi connectivity index (χ2n) is 8.77. The molecule has 0 spiro atoms. The van der Waals surface area contributed by atoms with Crippen LogP contribution in [0.3, 0.4) is 0 Å². The van der Waals surface area contributed by atoms with Gasteiger partial charge in [0.05, 0.1) is 0 Å². The maximum absolute atomic E-state index is 8.88. The minimum absolute atomic E-state index is 0. The van der Waals surface area contributed by atoms with Crippen molar-refractivity contribution in [1.82, 2.24) is 0 Å². The van der Waals surface area contributed by atoms with E-state index in [2.05, 4.69) is 27.7 Å². The number of hydrogen-bond donors (Lipinski definition) is 3. The van der Waals surface area contributed by atoms with Crippen molar-refractivity contribution < 1.29 is 76.8 Å². The third-order valence-corrected chi connectivity index (χ3v) is 5.57. The molecule has 0 bridgehead atoms. The van der Waals surface area contributed by atoms with E-state index in [-0.39, 0.29) is 52.8 Å². The summed E-state index contributed by atoms with van der Waals surface area (Å²) in [4.78, 5) is 21.6. The molecule has 0 aliphatic rings. The summed E-state index contributed by atoms with van der Waals surface area (Å²) >= 11 is 0. The van der Waals surface area contributed by atoms with Crippen LogP contribution in [0.15, 0.2) is 0 Å². The predicted octanol–water partition coefficient (Wildman–Crippen LogP) is 4.74. The average Bonchev–Trinajstić information content (AvgIpc) is 2.68. The van der Waals surface area contributed by atoms with Crippen LogP contribution in [0.4, 0.5) is 0 Å². The Hall–Kier alpha value is 1.71. The first kappa shape index (κ1) is 37.3. The Morgan fingerprint density at radius 3 is 1.19 bits per heavy atom. The van der Waals surface area contributed by atoms with Crippen molar-refractivity contribution in [3.05, 3.63) is 0 Å². The fourth-order valence-electron chi connectivity index (χ4n) is 3.73. The second kappa shape index (κ2) is 27.9. The molecule has 0 saturated heterocycles. The number of rotatable bonds is 20. The largest absolute Gasteiger partial charge is 1.00 e. The van der Waals surface area contributed by atoms with Gasteiger partial charge in [0, 0.05) is 13.2 Å². The van der Waals surface area contributed by atoms with Crippen molar-refractivity contribution in [2.75, 3.05) is 13.2 Å². The number of unbranched alkanes of at least 4 members (excludes halogenated alkanes) is 8. The van der Waals surface area contributed by atoms with Crippen molar-refractivity contribution in [2.24, 2.45) is 11.8 Å². The summed E-state index contributed by atoms with van der Waals surface area (Å²) in [5.74, 6) is 1.62. The Balaban J connectivity index is -0.000000501. The van der Waals surface area contributed by atoms with E-state index in [0.29, 0.717) is 0 Å². The van der Waals surface area contributed by atoms with Crippen molar-refractivity contribution in [3.63, 3.8) is 0 Å². The van der Waals surface area contributed by atoms with Gasteiger partial charge in [-0.2, -0.15) is 0 Å². The van der Waals surface area contributed by atoms with E-state index < -0.39 is 7.82 Å². The van der Waals surface area contributed by atoms with Crippen LogP contribution in [0, 0.1) is 11.8 Å². The van der Waals surface area contributed by atoms with E-state index in [1.165, 1.54) is 103 Å². The summed E-state index contributed by atoms with van der Waals surface area (Å²) < 4.78 is 15.1. The molecule has 0 aromatic heterocycles. The zero-order valence-corrected chi connectivity index (χ0v) is 25.5. The molecule has 5 nitrogen and oxygen atoms in total. The Bertz CT molecular complexity index is 353. The molecule has 0 aliphatic carbocycles. The van der Waals surface area contributed by atoms with Gasteiger partial charge in [0.1, 0.15) is 0 Å². The summed E-state index contributed by atoms with van der Waals surface area (Å²) in [6.45, 7) is 11.3. The smallest absolute Gasteiger partial charge is 1.00 e. The van der Waals surface area contributed by atoms with Crippen LogP contribution >= 0.6 is 7.82 Å². The molecular formula is C24H54KO5P. The van der Waals surface area contributed by atoms with Crippen LogP contribution < -0.4 is 51.4 Å². The van der Waals surface area contributed by atoms with Gasteiger partial charge in [-0.1, -0.05) is 105 Å². The SMILES string of the molecule is CCCCCCC(CCCC)COCC(CCCC)CCCCCC.O=P(O)(O)O.[H-].[K+]. The van der Waals surface area contributed by atoms with Crippen molar-refractivity contribution in [3.8, 4) is 0 Å². The van der Waals surface area contributed by atoms with Crippen molar-refractivity contribution in [1.29, 1.82) is 0 Å². The first-order valence-corrected chi connectivity index (χ1v) is 14.2. The van der Waals surface area contributed by atoms with Crippen LogP contribution in [0.2, 0.25) is 0 Å². The van der Waals surface area contributed by atoms with Gasteiger partial charge in [-0.05, 0) is 37.5 Å². The first-order chi connectivity index (χ1) is 14.3. The second-order valence-corrected chi connectivity index (χ2v) is 9.79. The Labute approximate surface area is 238 Å². The van der Waals surface area contributed by atoms with E-state index in [9.17, 15) is 0 Å². The molecule has 0 fully saturated rings. The van der Waals surface area contributed by atoms with Gasteiger partial charge in [0.15, 0.2) is 0 Å². The Kier molecular flexibility index (Phi) is 33.6. The van der Waals surface area contributed by atoms with Gasteiger partial charge in [0.25, 0.3) is 0 Å². The van der Waals surface area contributed by atoms with Crippen LogP contribution in [-0.2, 0) is 9.30 Å². The zero-order valence-electron chi connectivity index (χ0n) is 22.5. The third-order valence-electron chi connectivity index (χ3n) is 5.57.